The van der Waals surface area contributed by atoms with Crippen LogP contribution in [0.3, 0.4) is 0 Å². The molecule has 0 atom stereocenters. The number of rotatable bonds is 4. The Labute approximate surface area is 149 Å². The number of amides is 3. The number of nitrogens with zero attached hydrogens (tertiary/aromatic N) is 1. The van der Waals surface area contributed by atoms with Crippen LogP contribution in [0.1, 0.15) is 31.2 Å². The van der Waals surface area contributed by atoms with E-state index in [2.05, 4.69) is 5.32 Å². The van der Waals surface area contributed by atoms with Gasteiger partial charge in [-0.3, -0.25) is 14.5 Å². The van der Waals surface area contributed by atoms with Crippen LogP contribution in [0.2, 0.25) is 10.0 Å². The van der Waals surface area contributed by atoms with Crippen LogP contribution in [0.15, 0.2) is 18.2 Å². The summed E-state index contributed by atoms with van der Waals surface area (Å²) in [4.78, 5) is 37.3. The Bertz CT molecular complexity index is 701. The van der Waals surface area contributed by atoms with E-state index in [1.54, 1.807) is 18.2 Å². The molecule has 0 bridgehead atoms. The highest BCUT2D eigenvalue weighted by atomic mass is 35.5. The maximum Gasteiger partial charge on any atom is 0.326 e. The predicted octanol–water partition coefficient (Wildman–Crippen LogP) is 2.90. The minimum atomic E-state index is -0.818. The second-order valence-corrected chi connectivity index (χ2v) is 6.83. The molecule has 1 saturated heterocycles. The lowest BCUT2D eigenvalue weighted by molar-refractivity contribution is -0.148. The van der Waals surface area contributed by atoms with Crippen molar-refractivity contribution >= 4 is 41.1 Å². The molecule has 0 unspecified atom stereocenters. The first-order chi connectivity index (χ1) is 11.4. The van der Waals surface area contributed by atoms with Gasteiger partial charge in [0.25, 0.3) is 5.91 Å². The fraction of sp³-hybridized carbons (Fsp3) is 0.438. The molecule has 1 aliphatic heterocycles. The van der Waals surface area contributed by atoms with Crippen molar-refractivity contribution in [3.05, 3.63) is 33.8 Å². The highest BCUT2D eigenvalue weighted by molar-refractivity contribution is 6.42. The average Bonchev–Trinajstić information content (AvgIpc) is 3.10. The van der Waals surface area contributed by atoms with E-state index >= 15 is 0 Å². The lowest BCUT2D eigenvalue weighted by atomic mass is 9.98. The van der Waals surface area contributed by atoms with Crippen molar-refractivity contribution in [3.8, 4) is 0 Å². The molecule has 3 amide bonds. The van der Waals surface area contributed by atoms with Gasteiger partial charge >= 0.3 is 12.0 Å². The number of urea groups is 1. The first-order valence-corrected chi connectivity index (χ1v) is 8.40. The van der Waals surface area contributed by atoms with Gasteiger partial charge in [0.05, 0.1) is 10.0 Å². The normalized spacial score (nSPS) is 19.0. The molecule has 128 valence electrons. The number of halogens is 2. The van der Waals surface area contributed by atoms with Crippen LogP contribution < -0.4 is 5.32 Å². The molecule has 1 spiro atoms. The van der Waals surface area contributed by atoms with E-state index < -0.39 is 24.1 Å². The van der Waals surface area contributed by atoms with Crippen molar-refractivity contribution in [1.29, 1.82) is 0 Å². The Morgan fingerprint density at radius 1 is 1.21 bits per heavy atom. The molecule has 1 aliphatic carbocycles. The standard InChI is InChI=1S/C16H16Cl2N2O4/c17-11-4-3-10(7-12(11)18)9-24-13(21)8-20-14(22)16(19-15(20)23)5-1-2-6-16/h3-4,7H,1-2,5-6,8-9H2,(H,19,23). The molecular weight excluding hydrogens is 355 g/mol. The van der Waals surface area contributed by atoms with Crippen molar-refractivity contribution < 1.29 is 19.1 Å². The largest absolute Gasteiger partial charge is 0.459 e. The zero-order chi connectivity index (χ0) is 17.3. The molecule has 6 nitrogen and oxygen atoms in total. The molecule has 8 heteroatoms. The van der Waals surface area contributed by atoms with E-state index in [0.717, 1.165) is 17.7 Å². The van der Waals surface area contributed by atoms with Crippen LogP contribution in [0.4, 0.5) is 4.79 Å². The number of imide groups is 1. The summed E-state index contributed by atoms with van der Waals surface area (Å²) < 4.78 is 5.12. The summed E-state index contributed by atoms with van der Waals surface area (Å²) in [6.07, 6.45) is 3.02. The van der Waals surface area contributed by atoms with Gasteiger partial charge in [-0.15, -0.1) is 0 Å². The number of benzene rings is 1. The minimum Gasteiger partial charge on any atom is -0.459 e. The van der Waals surface area contributed by atoms with Gasteiger partial charge < -0.3 is 10.1 Å². The summed E-state index contributed by atoms with van der Waals surface area (Å²) in [6, 6.07) is 4.35. The zero-order valence-electron chi connectivity index (χ0n) is 12.8. The molecule has 1 aromatic rings. The third kappa shape index (κ3) is 3.21. The summed E-state index contributed by atoms with van der Waals surface area (Å²) in [5, 5.41) is 3.49. The minimum absolute atomic E-state index is 0.00941. The van der Waals surface area contributed by atoms with Gasteiger partial charge in [0.2, 0.25) is 0 Å². The molecule has 2 fully saturated rings. The van der Waals surface area contributed by atoms with Crippen molar-refractivity contribution in [2.75, 3.05) is 6.54 Å². The van der Waals surface area contributed by atoms with Crippen molar-refractivity contribution in [3.63, 3.8) is 0 Å². The monoisotopic (exact) mass is 370 g/mol. The molecule has 1 saturated carbocycles. The Morgan fingerprint density at radius 3 is 2.58 bits per heavy atom. The molecule has 1 aromatic carbocycles. The fourth-order valence-corrected chi connectivity index (χ4v) is 3.43. The SMILES string of the molecule is O=C(CN1C(=O)NC2(CCCC2)C1=O)OCc1ccc(Cl)c(Cl)c1. The van der Waals surface area contributed by atoms with Gasteiger partial charge in [-0.05, 0) is 30.5 Å². The number of carbonyl (C=O) groups excluding carboxylic acids is 3. The molecule has 0 radical (unpaired) electrons. The van der Waals surface area contributed by atoms with Crippen molar-refractivity contribution in [2.24, 2.45) is 0 Å². The van der Waals surface area contributed by atoms with E-state index in [9.17, 15) is 14.4 Å². The quantitative estimate of drug-likeness (QED) is 0.652. The molecule has 1 N–H and O–H groups in total. The van der Waals surface area contributed by atoms with E-state index in [-0.39, 0.29) is 12.5 Å². The molecule has 1 heterocycles. The molecular formula is C16H16Cl2N2O4. The number of nitrogens with one attached hydrogen (secondary N) is 1. The fourth-order valence-electron chi connectivity index (χ4n) is 3.11. The van der Waals surface area contributed by atoms with Crippen molar-refractivity contribution in [2.45, 2.75) is 37.8 Å². The first kappa shape index (κ1) is 17.0. The summed E-state index contributed by atoms with van der Waals surface area (Å²) in [7, 11) is 0. The average molecular weight is 371 g/mol. The van der Waals surface area contributed by atoms with Crippen LogP contribution >= 0.6 is 23.2 Å². The molecule has 3 rings (SSSR count). The van der Waals surface area contributed by atoms with Gasteiger partial charge in [-0.25, -0.2) is 4.79 Å². The number of hydrogen-bond donors (Lipinski definition) is 1. The van der Waals surface area contributed by atoms with Gasteiger partial charge in [0.15, 0.2) is 0 Å². The third-order valence-corrected chi connectivity index (χ3v) is 5.11. The topological polar surface area (TPSA) is 75.7 Å². The number of ether oxygens (including phenoxy) is 1. The smallest absolute Gasteiger partial charge is 0.326 e. The van der Waals surface area contributed by atoms with Crippen molar-refractivity contribution in [1.82, 2.24) is 10.2 Å². The lowest BCUT2D eigenvalue weighted by Crippen LogP contribution is -2.44. The Kier molecular flexibility index (Phi) is 4.69. The predicted molar refractivity (Wildman–Crippen MR) is 87.7 cm³/mol. The summed E-state index contributed by atoms with van der Waals surface area (Å²) in [5.41, 5.74) is -0.150. The van der Waals surface area contributed by atoms with Crippen LogP contribution in [0.5, 0.6) is 0 Å². The second kappa shape index (κ2) is 6.61. The maximum atomic E-state index is 12.4. The van der Waals surface area contributed by atoms with Gasteiger partial charge in [-0.2, -0.15) is 0 Å². The van der Waals surface area contributed by atoms with Crippen LogP contribution in [0.25, 0.3) is 0 Å². The Balaban J connectivity index is 1.57. The summed E-state index contributed by atoms with van der Waals surface area (Å²) in [6.45, 7) is -0.405. The van der Waals surface area contributed by atoms with Crippen LogP contribution in [0, 0.1) is 0 Å². The zero-order valence-corrected chi connectivity index (χ0v) is 14.3. The van der Waals surface area contributed by atoms with Crippen LogP contribution in [-0.2, 0) is 20.9 Å². The third-order valence-electron chi connectivity index (χ3n) is 4.37. The van der Waals surface area contributed by atoms with E-state index in [4.69, 9.17) is 27.9 Å². The van der Waals surface area contributed by atoms with Gasteiger partial charge in [-0.1, -0.05) is 42.1 Å². The van der Waals surface area contributed by atoms with Gasteiger partial charge in [0, 0.05) is 0 Å². The number of esters is 1. The van der Waals surface area contributed by atoms with Crippen LogP contribution in [-0.4, -0.2) is 34.9 Å². The summed E-state index contributed by atoms with van der Waals surface area (Å²) in [5.74, 6) is -0.990. The second-order valence-electron chi connectivity index (χ2n) is 6.02. The first-order valence-electron chi connectivity index (χ1n) is 7.65. The van der Waals surface area contributed by atoms with E-state index in [1.807, 2.05) is 0 Å². The number of hydrogen-bond acceptors (Lipinski definition) is 4. The maximum absolute atomic E-state index is 12.4. The highest BCUT2D eigenvalue weighted by Gasteiger charge is 2.52. The Hall–Kier alpha value is -1.79. The molecule has 24 heavy (non-hydrogen) atoms. The lowest BCUT2D eigenvalue weighted by Gasteiger charge is -2.19. The summed E-state index contributed by atoms with van der Waals surface area (Å²) >= 11 is 11.7. The van der Waals surface area contributed by atoms with E-state index in [0.29, 0.717) is 28.5 Å². The molecule has 0 aromatic heterocycles. The van der Waals surface area contributed by atoms with Gasteiger partial charge in [0.1, 0.15) is 18.7 Å². The highest BCUT2D eigenvalue weighted by Crippen LogP contribution is 2.34. The number of carbonyl (C=O) groups is 3. The van der Waals surface area contributed by atoms with E-state index in [1.165, 1.54) is 0 Å². The Morgan fingerprint density at radius 2 is 1.92 bits per heavy atom. The molecule has 2 aliphatic rings.